The molecule has 24 valence electrons. The highest BCUT2D eigenvalue weighted by Gasteiger charge is 1.81. The number of hydrogen-bond acceptors (Lipinski definition) is 1. The van der Waals surface area contributed by atoms with Gasteiger partial charge in [0.15, 0.2) is 0 Å². The molecule has 0 heterocycles. The van der Waals surface area contributed by atoms with E-state index in [2.05, 4.69) is 0 Å². The first-order valence-electron chi connectivity index (χ1n) is 1.41. The van der Waals surface area contributed by atoms with Gasteiger partial charge < -0.3 is 5.11 Å². The minimum absolute atomic E-state index is 0.139. The molecule has 0 aromatic heterocycles. The lowest BCUT2D eigenvalue weighted by Crippen LogP contribution is -2.01. The summed E-state index contributed by atoms with van der Waals surface area (Å²) in [7, 11) is 9.52. The topological polar surface area (TPSA) is 20.2 Å². The normalized spacial score (nSPS) is 14.6. The van der Waals surface area contributed by atoms with Gasteiger partial charge in [0.2, 0.25) is 0 Å². The fourth-order valence-corrected chi connectivity index (χ4v) is 0. The minimum atomic E-state index is -0.838. The van der Waals surface area contributed by atoms with Crippen LogP contribution in [-0.4, -0.2) is 26.8 Å². The van der Waals surface area contributed by atoms with Gasteiger partial charge in [-0.2, -0.15) is 0 Å². The monoisotopic (exact) mass is 66.0 g/mol. The van der Waals surface area contributed by atoms with Crippen LogP contribution in [0, 0.1) is 0 Å². The molecule has 1 N–H and O–H groups in total. The molecule has 0 aliphatic carbocycles. The van der Waals surface area contributed by atoms with Crippen molar-refractivity contribution in [3.8, 4) is 0 Å². The van der Waals surface area contributed by atoms with E-state index >= 15 is 0 Å². The first-order valence-corrected chi connectivity index (χ1v) is 1.41. The van der Waals surface area contributed by atoms with Crippen molar-refractivity contribution >= 4 is 15.7 Å². The highest BCUT2D eigenvalue weighted by Crippen LogP contribution is 1.73. The van der Waals surface area contributed by atoms with Gasteiger partial charge in [0.25, 0.3) is 0 Å². The molecule has 3 heteroatoms. The van der Waals surface area contributed by atoms with Gasteiger partial charge in [-0.25, -0.2) is 0 Å². The van der Waals surface area contributed by atoms with Crippen molar-refractivity contribution in [3.63, 3.8) is 0 Å². The first kappa shape index (κ1) is 5.09. The van der Waals surface area contributed by atoms with Crippen molar-refractivity contribution in [2.45, 2.75) is 12.3 Å². The standard InChI is InChI=1S/C2H4B2O/c3-1-2(4)5/h2,5H,1H2. The lowest BCUT2D eigenvalue weighted by Gasteiger charge is -1.91. The number of rotatable bonds is 1. The SMILES string of the molecule is [B]CC([B])O. The number of aliphatic hydroxyl groups is 1. The quantitative estimate of drug-likeness (QED) is 0.391. The van der Waals surface area contributed by atoms with Gasteiger partial charge in [0.05, 0.1) is 7.85 Å². The molecule has 0 aromatic rings. The second kappa shape index (κ2) is 2.33. The van der Waals surface area contributed by atoms with Gasteiger partial charge in [0, 0.05) is 6.00 Å². The van der Waals surface area contributed by atoms with Crippen LogP contribution in [0.3, 0.4) is 0 Å². The zero-order chi connectivity index (χ0) is 4.28. The molecule has 0 fully saturated rings. The Morgan fingerprint density at radius 2 is 2.00 bits per heavy atom. The maximum Gasteiger partial charge on any atom is 0.107 e. The summed E-state index contributed by atoms with van der Waals surface area (Å²) in [6, 6.07) is -0.838. The predicted octanol–water partition coefficient (Wildman–Crippen LogP) is -0.940. The maximum absolute atomic E-state index is 8.01. The van der Waals surface area contributed by atoms with Gasteiger partial charge in [-0.05, 0) is 0 Å². The van der Waals surface area contributed by atoms with E-state index in [1.165, 1.54) is 0 Å². The molecule has 4 radical (unpaired) electrons. The van der Waals surface area contributed by atoms with Crippen LogP contribution in [0.1, 0.15) is 0 Å². The van der Waals surface area contributed by atoms with Crippen LogP contribution in [0.5, 0.6) is 0 Å². The maximum atomic E-state index is 8.01. The van der Waals surface area contributed by atoms with Crippen LogP contribution in [0.15, 0.2) is 0 Å². The Morgan fingerprint density at radius 3 is 2.00 bits per heavy atom. The lowest BCUT2D eigenvalue weighted by molar-refractivity contribution is 0.276. The van der Waals surface area contributed by atoms with Gasteiger partial charge in [0.1, 0.15) is 7.85 Å². The average Bonchev–Trinajstić information content (AvgIpc) is 1.38. The highest BCUT2D eigenvalue weighted by atomic mass is 16.3. The second-order valence-corrected chi connectivity index (χ2v) is 0.803. The third-order valence-corrected chi connectivity index (χ3v) is 0.241. The van der Waals surface area contributed by atoms with E-state index in [-0.39, 0.29) is 6.32 Å². The molecule has 0 saturated carbocycles. The van der Waals surface area contributed by atoms with Crippen molar-refractivity contribution in [2.24, 2.45) is 0 Å². The summed E-state index contributed by atoms with van der Waals surface area (Å²) in [4.78, 5) is 0. The Kier molecular flexibility index (Phi) is 2.38. The molecule has 0 aromatic carbocycles. The van der Waals surface area contributed by atoms with Crippen molar-refractivity contribution in [3.05, 3.63) is 0 Å². The van der Waals surface area contributed by atoms with Crippen LogP contribution >= 0.6 is 0 Å². The van der Waals surface area contributed by atoms with E-state index in [1.54, 1.807) is 0 Å². The van der Waals surface area contributed by atoms with E-state index in [4.69, 9.17) is 20.8 Å². The molecule has 0 bridgehead atoms. The van der Waals surface area contributed by atoms with Gasteiger partial charge in [-0.15, -0.1) is 0 Å². The molecule has 0 spiro atoms. The summed E-state index contributed by atoms with van der Waals surface area (Å²) in [5.41, 5.74) is 0. The third kappa shape index (κ3) is 4.09. The summed E-state index contributed by atoms with van der Waals surface area (Å²) >= 11 is 0. The Labute approximate surface area is 34.2 Å². The highest BCUT2D eigenvalue weighted by molar-refractivity contribution is 6.18. The predicted molar refractivity (Wildman–Crippen MR) is 22.3 cm³/mol. The van der Waals surface area contributed by atoms with Crippen molar-refractivity contribution in [1.29, 1.82) is 0 Å². The summed E-state index contributed by atoms with van der Waals surface area (Å²) in [6.07, 6.45) is 0.139. The Bertz CT molecular complexity index is 21.6. The fourth-order valence-electron chi connectivity index (χ4n) is 0. The molecule has 1 atom stereocenters. The minimum Gasteiger partial charge on any atom is -0.404 e. The molecular weight excluding hydrogens is 61.6 g/mol. The zero-order valence-corrected chi connectivity index (χ0v) is 2.89. The average molecular weight is 65.7 g/mol. The second-order valence-electron chi connectivity index (χ2n) is 0.803. The zero-order valence-electron chi connectivity index (χ0n) is 2.89. The lowest BCUT2D eigenvalue weighted by atomic mass is 9.87. The van der Waals surface area contributed by atoms with Crippen molar-refractivity contribution < 1.29 is 5.11 Å². The van der Waals surface area contributed by atoms with Crippen molar-refractivity contribution in [1.82, 2.24) is 0 Å². The summed E-state index contributed by atoms with van der Waals surface area (Å²) < 4.78 is 0. The number of hydrogen-bond donors (Lipinski definition) is 1. The van der Waals surface area contributed by atoms with Crippen LogP contribution in [0.4, 0.5) is 0 Å². The molecule has 5 heavy (non-hydrogen) atoms. The van der Waals surface area contributed by atoms with Gasteiger partial charge >= 0.3 is 0 Å². The smallest absolute Gasteiger partial charge is 0.107 e. The van der Waals surface area contributed by atoms with Crippen LogP contribution < -0.4 is 0 Å². The molecule has 0 rings (SSSR count). The van der Waals surface area contributed by atoms with E-state index in [0.717, 1.165) is 0 Å². The molecule has 1 unspecified atom stereocenters. The first-order chi connectivity index (χ1) is 2.27. The van der Waals surface area contributed by atoms with Crippen LogP contribution in [-0.2, 0) is 0 Å². The molecule has 0 saturated heterocycles. The molecule has 0 amide bonds. The molecule has 0 aliphatic rings. The van der Waals surface area contributed by atoms with Crippen LogP contribution in [0.25, 0.3) is 0 Å². The Balaban J connectivity index is 2.54. The summed E-state index contributed by atoms with van der Waals surface area (Å²) in [5, 5.41) is 8.01. The van der Waals surface area contributed by atoms with E-state index in [1.807, 2.05) is 0 Å². The third-order valence-electron chi connectivity index (χ3n) is 0.241. The fraction of sp³-hybridized carbons (Fsp3) is 1.00. The molecular formula is C2H4B2O. The van der Waals surface area contributed by atoms with E-state index in [0.29, 0.717) is 0 Å². The summed E-state index contributed by atoms with van der Waals surface area (Å²) in [6.45, 7) is 0. The van der Waals surface area contributed by atoms with Crippen molar-refractivity contribution in [2.75, 3.05) is 0 Å². The number of aliphatic hydroxyl groups excluding tert-OH is 1. The Morgan fingerprint density at radius 1 is 1.80 bits per heavy atom. The molecule has 1 nitrogen and oxygen atoms in total. The Hall–Kier alpha value is 0.0899. The largest absolute Gasteiger partial charge is 0.404 e. The van der Waals surface area contributed by atoms with Crippen LogP contribution in [0.2, 0.25) is 6.32 Å². The van der Waals surface area contributed by atoms with E-state index in [9.17, 15) is 0 Å². The van der Waals surface area contributed by atoms with E-state index < -0.39 is 6.00 Å². The summed E-state index contributed by atoms with van der Waals surface area (Å²) in [5.74, 6) is 0. The molecule has 0 aliphatic heterocycles. The van der Waals surface area contributed by atoms with Gasteiger partial charge in [-0.1, -0.05) is 6.32 Å². The van der Waals surface area contributed by atoms with Gasteiger partial charge in [-0.3, -0.25) is 0 Å².